The molecule has 0 atom stereocenters. The predicted octanol–water partition coefficient (Wildman–Crippen LogP) is 2.19. The van der Waals surface area contributed by atoms with Gasteiger partial charge in [0.1, 0.15) is 5.82 Å². The van der Waals surface area contributed by atoms with Crippen molar-refractivity contribution in [3.05, 3.63) is 58.4 Å². The van der Waals surface area contributed by atoms with Crippen molar-refractivity contribution in [3.8, 4) is 0 Å². The summed E-state index contributed by atoms with van der Waals surface area (Å²) in [6.07, 6.45) is 0.208. The third-order valence-corrected chi connectivity index (χ3v) is 5.02. The highest BCUT2D eigenvalue weighted by molar-refractivity contribution is 6.05. The van der Waals surface area contributed by atoms with Crippen LogP contribution in [-0.2, 0) is 13.0 Å². The number of hydrogen-bond donors (Lipinski definition) is 3. The molecule has 0 spiro atoms. The Morgan fingerprint density at radius 3 is 2.74 bits per heavy atom. The number of nitrogens with zero attached hydrogens (tertiary/aromatic N) is 1. The van der Waals surface area contributed by atoms with E-state index < -0.39 is 11.9 Å². The van der Waals surface area contributed by atoms with Crippen molar-refractivity contribution in [3.63, 3.8) is 0 Å². The van der Waals surface area contributed by atoms with Gasteiger partial charge in [-0.1, -0.05) is 13.0 Å². The average molecular weight is 369 g/mol. The molecule has 0 unspecified atom stereocenters. The number of carbonyl (C=O) groups excluding carboxylic acids is 2. The van der Waals surface area contributed by atoms with Crippen LogP contribution in [0.4, 0.5) is 15.8 Å². The van der Waals surface area contributed by atoms with E-state index in [1.165, 1.54) is 11.0 Å². The van der Waals surface area contributed by atoms with Gasteiger partial charge in [0.05, 0.1) is 23.0 Å². The molecule has 27 heavy (non-hydrogen) atoms. The molecule has 1 fully saturated rings. The number of rotatable bonds is 4. The Labute approximate surface area is 156 Å². The number of aliphatic hydroxyl groups excluding tert-OH is 1. The first-order chi connectivity index (χ1) is 13.0. The maximum absolute atomic E-state index is 14.4. The maximum Gasteiger partial charge on any atom is 0.256 e. The summed E-state index contributed by atoms with van der Waals surface area (Å²) in [7, 11) is 0. The number of anilines is 2. The van der Waals surface area contributed by atoms with E-state index in [1.807, 2.05) is 13.0 Å². The van der Waals surface area contributed by atoms with Crippen LogP contribution in [0.2, 0.25) is 0 Å². The fourth-order valence-electron chi connectivity index (χ4n) is 3.37. The largest absolute Gasteiger partial charge is 0.389 e. The highest BCUT2D eigenvalue weighted by Gasteiger charge is 2.32. The third kappa shape index (κ3) is 3.14. The first-order valence-electron chi connectivity index (χ1n) is 8.94. The monoisotopic (exact) mass is 369 g/mol. The number of carbonyl (C=O) groups is 2. The average Bonchev–Trinajstić information content (AvgIpc) is 2.99. The highest BCUT2D eigenvalue weighted by Crippen LogP contribution is 2.30. The molecule has 2 heterocycles. The topological polar surface area (TPSA) is 81.7 Å². The van der Waals surface area contributed by atoms with E-state index in [1.54, 1.807) is 18.2 Å². The molecule has 1 saturated heterocycles. The van der Waals surface area contributed by atoms with Gasteiger partial charge in [0.2, 0.25) is 0 Å². The van der Waals surface area contributed by atoms with Crippen LogP contribution in [0, 0.1) is 5.82 Å². The lowest BCUT2D eigenvalue weighted by Crippen LogP contribution is -2.53. The molecule has 2 amide bonds. The smallest absolute Gasteiger partial charge is 0.256 e. The minimum absolute atomic E-state index is 0.215. The molecule has 0 radical (unpaired) electrons. The van der Waals surface area contributed by atoms with E-state index in [2.05, 4.69) is 10.6 Å². The number of fused-ring (bicyclic) bond motifs is 1. The molecular weight excluding hydrogens is 349 g/mol. The Morgan fingerprint density at radius 2 is 2.07 bits per heavy atom. The second kappa shape index (κ2) is 6.66. The van der Waals surface area contributed by atoms with Crippen LogP contribution in [0.25, 0.3) is 0 Å². The minimum Gasteiger partial charge on any atom is -0.389 e. The van der Waals surface area contributed by atoms with Gasteiger partial charge in [0.25, 0.3) is 11.8 Å². The van der Waals surface area contributed by atoms with Crippen molar-refractivity contribution >= 4 is 23.2 Å². The molecular formula is C20H20FN3O3. The summed E-state index contributed by atoms with van der Waals surface area (Å²) in [4.78, 5) is 26.4. The Hall–Kier alpha value is -2.93. The standard InChI is InChI=1S/C20H20FN3O3/c1-2-11-3-4-17(16(21)5-11)23-18-7-14-12(8-22-19(14)26)6-15(18)20(27)24-9-13(25)10-24/h3-7,13,23,25H,2,8-10H2,1H3,(H,22,26). The number of hydrogen-bond acceptors (Lipinski definition) is 4. The quantitative estimate of drug-likeness (QED) is 0.772. The van der Waals surface area contributed by atoms with Gasteiger partial charge in [-0.2, -0.15) is 0 Å². The molecule has 4 rings (SSSR count). The van der Waals surface area contributed by atoms with Crippen molar-refractivity contribution in [1.82, 2.24) is 10.2 Å². The zero-order valence-electron chi connectivity index (χ0n) is 14.9. The molecule has 0 saturated carbocycles. The summed E-state index contributed by atoms with van der Waals surface area (Å²) in [6.45, 7) is 2.84. The van der Waals surface area contributed by atoms with Gasteiger partial charge in [-0.25, -0.2) is 4.39 Å². The second-order valence-electron chi connectivity index (χ2n) is 6.89. The van der Waals surface area contributed by atoms with Gasteiger partial charge >= 0.3 is 0 Å². The number of aliphatic hydroxyl groups is 1. The lowest BCUT2D eigenvalue weighted by molar-refractivity contribution is 0.00595. The Balaban J connectivity index is 1.73. The summed E-state index contributed by atoms with van der Waals surface area (Å²) >= 11 is 0. The maximum atomic E-state index is 14.4. The minimum atomic E-state index is -0.512. The Kier molecular flexibility index (Phi) is 4.31. The molecule has 2 aromatic rings. The number of β-amino-alcohol motifs (C(OH)–C–C–N with tert-alkyl or cyclic N) is 1. The number of aryl methyl sites for hydroxylation is 1. The molecule has 0 aliphatic carbocycles. The lowest BCUT2D eigenvalue weighted by atomic mass is 10.0. The summed E-state index contributed by atoms with van der Waals surface area (Å²) < 4.78 is 14.4. The molecule has 2 aromatic carbocycles. The van der Waals surface area contributed by atoms with Crippen LogP contribution in [0.1, 0.15) is 38.8 Å². The number of amides is 2. The molecule has 0 aromatic heterocycles. The molecule has 2 aliphatic heterocycles. The molecule has 6 nitrogen and oxygen atoms in total. The van der Waals surface area contributed by atoms with E-state index in [0.29, 0.717) is 23.4 Å². The van der Waals surface area contributed by atoms with Crippen LogP contribution in [-0.4, -0.2) is 41.0 Å². The Morgan fingerprint density at radius 1 is 1.30 bits per heavy atom. The summed E-state index contributed by atoms with van der Waals surface area (Å²) in [5.74, 6) is -0.888. The fourth-order valence-corrected chi connectivity index (χ4v) is 3.37. The molecule has 2 aliphatic rings. The summed E-state index contributed by atoms with van der Waals surface area (Å²) in [6, 6.07) is 8.16. The van der Waals surface area contributed by atoms with Crippen molar-refractivity contribution in [1.29, 1.82) is 0 Å². The molecule has 140 valence electrons. The van der Waals surface area contributed by atoms with Gasteiger partial charge in [-0.3, -0.25) is 9.59 Å². The van der Waals surface area contributed by atoms with Crippen LogP contribution in [0.15, 0.2) is 30.3 Å². The zero-order valence-corrected chi connectivity index (χ0v) is 14.9. The molecule has 7 heteroatoms. The van der Waals surface area contributed by atoms with Crippen molar-refractivity contribution in [2.75, 3.05) is 18.4 Å². The lowest BCUT2D eigenvalue weighted by Gasteiger charge is -2.36. The van der Waals surface area contributed by atoms with E-state index in [-0.39, 0.29) is 30.6 Å². The highest BCUT2D eigenvalue weighted by atomic mass is 19.1. The number of benzene rings is 2. The molecule has 3 N–H and O–H groups in total. The van der Waals surface area contributed by atoms with Crippen LogP contribution in [0.5, 0.6) is 0 Å². The van der Waals surface area contributed by atoms with Crippen molar-refractivity contribution in [2.24, 2.45) is 0 Å². The first-order valence-corrected chi connectivity index (χ1v) is 8.94. The van der Waals surface area contributed by atoms with Gasteiger partial charge in [-0.05, 0) is 41.8 Å². The number of nitrogens with one attached hydrogen (secondary N) is 2. The normalized spacial score (nSPS) is 16.0. The van der Waals surface area contributed by atoms with Crippen molar-refractivity contribution in [2.45, 2.75) is 26.0 Å². The predicted molar refractivity (Wildman–Crippen MR) is 98.6 cm³/mol. The van der Waals surface area contributed by atoms with Gasteiger partial charge in [-0.15, -0.1) is 0 Å². The third-order valence-electron chi connectivity index (χ3n) is 5.02. The molecule has 0 bridgehead atoms. The van der Waals surface area contributed by atoms with E-state index in [4.69, 9.17) is 0 Å². The second-order valence-corrected chi connectivity index (χ2v) is 6.89. The summed E-state index contributed by atoms with van der Waals surface area (Å²) in [5.41, 5.74) is 3.05. The van der Waals surface area contributed by atoms with E-state index in [0.717, 1.165) is 17.5 Å². The van der Waals surface area contributed by atoms with E-state index in [9.17, 15) is 19.1 Å². The summed E-state index contributed by atoms with van der Waals surface area (Å²) in [5, 5.41) is 15.2. The van der Waals surface area contributed by atoms with Gasteiger partial charge in [0, 0.05) is 25.2 Å². The first kappa shape index (κ1) is 17.5. The van der Waals surface area contributed by atoms with Gasteiger partial charge in [0.15, 0.2) is 0 Å². The number of likely N-dealkylation sites (tertiary alicyclic amines) is 1. The van der Waals surface area contributed by atoms with Crippen LogP contribution in [0.3, 0.4) is 0 Å². The van der Waals surface area contributed by atoms with Crippen LogP contribution < -0.4 is 10.6 Å². The zero-order chi connectivity index (χ0) is 19.1. The van der Waals surface area contributed by atoms with Crippen molar-refractivity contribution < 1.29 is 19.1 Å². The van der Waals surface area contributed by atoms with E-state index >= 15 is 0 Å². The number of halogens is 1. The SMILES string of the molecule is CCc1ccc(Nc2cc3c(cc2C(=O)N2CC(O)C2)CNC3=O)c(F)c1. The Bertz CT molecular complexity index is 938. The van der Waals surface area contributed by atoms with Crippen LogP contribution >= 0.6 is 0 Å². The fraction of sp³-hybridized carbons (Fsp3) is 0.300. The van der Waals surface area contributed by atoms with Gasteiger partial charge < -0.3 is 20.6 Å².